The van der Waals surface area contributed by atoms with Crippen LogP contribution in [0.4, 0.5) is 5.69 Å². The minimum Gasteiger partial charge on any atom is -0.348 e. The molecule has 0 fully saturated rings. The summed E-state index contributed by atoms with van der Waals surface area (Å²) in [5.41, 5.74) is 3.43. The van der Waals surface area contributed by atoms with Gasteiger partial charge in [-0.1, -0.05) is 38.1 Å². The zero-order valence-electron chi connectivity index (χ0n) is 16.1. The zero-order valence-corrected chi connectivity index (χ0v) is 16.1. The Hall–Kier alpha value is -3.41. The minimum atomic E-state index is -0.157. The molecule has 3 aromatic rings. The Balaban J connectivity index is 1.55. The van der Waals surface area contributed by atoms with Crippen molar-refractivity contribution in [3.63, 3.8) is 0 Å². The van der Waals surface area contributed by atoms with Crippen molar-refractivity contribution in [1.29, 1.82) is 0 Å². The molecule has 2 aromatic carbocycles. The number of carbonyl (C=O) groups excluding carboxylic acids is 2. The van der Waals surface area contributed by atoms with E-state index in [1.165, 1.54) is 5.56 Å². The van der Waals surface area contributed by atoms with E-state index in [0.29, 0.717) is 23.7 Å². The molecule has 1 heterocycles. The van der Waals surface area contributed by atoms with Gasteiger partial charge in [-0.2, -0.15) is 5.10 Å². The standard InChI is InChI=1S/C22H24N4O2/c1-16(2)18-7-9-19(10-8-18)22(28)23-14-17-5-3-6-20(13-17)25-21(27)15-26-12-4-11-24-26/h3-13,16H,14-15H2,1-2H3,(H,23,28)(H,25,27). The molecule has 1 aromatic heterocycles. The van der Waals surface area contributed by atoms with Crippen LogP contribution in [-0.4, -0.2) is 21.6 Å². The summed E-state index contributed by atoms with van der Waals surface area (Å²) >= 11 is 0. The fourth-order valence-electron chi connectivity index (χ4n) is 2.80. The molecular weight excluding hydrogens is 352 g/mol. The number of hydrogen-bond donors (Lipinski definition) is 2. The van der Waals surface area contributed by atoms with Gasteiger partial charge < -0.3 is 10.6 Å². The van der Waals surface area contributed by atoms with Gasteiger partial charge in [-0.3, -0.25) is 14.3 Å². The van der Waals surface area contributed by atoms with Gasteiger partial charge >= 0.3 is 0 Å². The van der Waals surface area contributed by atoms with Crippen molar-refractivity contribution in [1.82, 2.24) is 15.1 Å². The second kappa shape index (κ2) is 8.99. The maximum absolute atomic E-state index is 12.3. The van der Waals surface area contributed by atoms with Gasteiger partial charge in [0.05, 0.1) is 0 Å². The van der Waals surface area contributed by atoms with Gasteiger partial charge in [-0.15, -0.1) is 0 Å². The number of anilines is 1. The van der Waals surface area contributed by atoms with Crippen LogP contribution in [0, 0.1) is 0 Å². The molecular formula is C22H24N4O2. The van der Waals surface area contributed by atoms with Crippen molar-refractivity contribution in [2.75, 3.05) is 5.32 Å². The van der Waals surface area contributed by atoms with Crippen LogP contribution in [0.15, 0.2) is 67.0 Å². The summed E-state index contributed by atoms with van der Waals surface area (Å²) in [6.45, 7) is 4.78. The minimum absolute atomic E-state index is 0.122. The smallest absolute Gasteiger partial charge is 0.251 e. The lowest BCUT2D eigenvalue weighted by Crippen LogP contribution is -2.23. The second-order valence-corrected chi connectivity index (χ2v) is 6.91. The number of carbonyl (C=O) groups is 2. The number of amides is 2. The fourth-order valence-corrected chi connectivity index (χ4v) is 2.80. The molecule has 6 nitrogen and oxygen atoms in total. The third-order valence-electron chi connectivity index (χ3n) is 4.37. The highest BCUT2D eigenvalue weighted by atomic mass is 16.2. The monoisotopic (exact) mass is 376 g/mol. The Morgan fingerprint density at radius 3 is 2.54 bits per heavy atom. The lowest BCUT2D eigenvalue weighted by atomic mass is 10.0. The van der Waals surface area contributed by atoms with Gasteiger partial charge in [0.2, 0.25) is 5.91 Å². The van der Waals surface area contributed by atoms with E-state index in [0.717, 1.165) is 5.56 Å². The average Bonchev–Trinajstić information content (AvgIpc) is 3.19. The van der Waals surface area contributed by atoms with Gasteiger partial charge in [0.1, 0.15) is 6.54 Å². The molecule has 0 unspecified atom stereocenters. The zero-order chi connectivity index (χ0) is 19.9. The number of nitrogens with zero attached hydrogens (tertiary/aromatic N) is 2. The van der Waals surface area contributed by atoms with Gasteiger partial charge in [0.15, 0.2) is 0 Å². The van der Waals surface area contributed by atoms with Crippen LogP contribution in [0.1, 0.15) is 41.3 Å². The molecule has 6 heteroatoms. The van der Waals surface area contributed by atoms with E-state index in [4.69, 9.17) is 0 Å². The molecule has 0 saturated heterocycles. The van der Waals surface area contributed by atoms with Crippen LogP contribution in [0.5, 0.6) is 0 Å². The molecule has 0 aliphatic carbocycles. The maximum atomic E-state index is 12.3. The molecule has 0 bridgehead atoms. The first-order valence-electron chi connectivity index (χ1n) is 9.25. The van der Waals surface area contributed by atoms with Gasteiger partial charge in [-0.05, 0) is 47.4 Å². The van der Waals surface area contributed by atoms with Crippen LogP contribution in [-0.2, 0) is 17.9 Å². The maximum Gasteiger partial charge on any atom is 0.251 e. The van der Waals surface area contributed by atoms with E-state index in [1.807, 2.05) is 48.5 Å². The molecule has 0 saturated carbocycles. The molecule has 28 heavy (non-hydrogen) atoms. The third kappa shape index (κ3) is 5.30. The summed E-state index contributed by atoms with van der Waals surface area (Å²) in [6.07, 6.45) is 3.37. The molecule has 3 rings (SSSR count). The molecule has 0 spiro atoms. The van der Waals surface area contributed by atoms with E-state index in [-0.39, 0.29) is 18.4 Å². The largest absolute Gasteiger partial charge is 0.348 e. The number of hydrogen-bond acceptors (Lipinski definition) is 3. The number of rotatable bonds is 7. The molecule has 0 aliphatic heterocycles. The van der Waals surface area contributed by atoms with Crippen LogP contribution in [0.3, 0.4) is 0 Å². The predicted octanol–water partition coefficient (Wildman–Crippen LogP) is 3.58. The van der Waals surface area contributed by atoms with Gasteiger partial charge in [0.25, 0.3) is 5.91 Å². The van der Waals surface area contributed by atoms with Crippen LogP contribution < -0.4 is 10.6 Å². The average molecular weight is 376 g/mol. The highest BCUT2D eigenvalue weighted by Gasteiger charge is 2.08. The Morgan fingerprint density at radius 2 is 1.86 bits per heavy atom. The number of nitrogens with one attached hydrogen (secondary N) is 2. The summed E-state index contributed by atoms with van der Waals surface area (Å²) in [7, 11) is 0. The van der Waals surface area contributed by atoms with Crippen molar-refractivity contribution in [2.24, 2.45) is 0 Å². The molecule has 144 valence electrons. The molecule has 0 radical (unpaired) electrons. The Labute approximate surface area is 164 Å². The molecule has 2 amide bonds. The topological polar surface area (TPSA) is 76.0 Å². The summed E-state index contributed by atoms with van der Waals surface area (Å²) in [5.74, 6) is 0.155. The molecule has 2 N–H and O–H groups in total. The highest BCUT2D eigenvalue weighted by molar-refractivity contribution is 5.94. The SMILES string of the molecule is CC(C)c1ccc(C(=O)NCc2cccc(NC(=O)Cn3cccn3)c2)cc1. The summed E-state index contributed by atoms with van der Waals surface area (Å²) in [5, 5.41) is 9.78. The van der Waals surface area contributed by atoms with Crippen molar-refractivity contribution >= 4 is 17.5 Å². The normalized spacial score (nSPS) is 10.7. The molecule has 0 atom stereocenters. The summed E-state index contributed by atoms with van der Waals surface area (Å²) in [4.78, 5) is 24.4. The predicted molar refractivity (Wildman–Crippen MR) is 109 cm³/mol. The van der Waals surface area contributed by atoms with Crippen LogP contribution in [0.25, 0.3) is 0 Å². The Morgan fingerprint density at radius 1 is 1.07 bits per heavy atom. The van der Waals surface area contributed by atoms with Crippen molar-refractivity contribution in [2.45, 2.75) is 32.9 Å². The van der Waals surface area contributed by atoms with E-state index < -0.39 is 0 Å². The lowest BCUT2D eigenvalue weighted by molar-refractivity contribution is -0.116. The lowest BCUT2D eigenvalue weighted by Gasteiger charge is -2.10. The second-order valence-electron chi connectivity index (χ2n) is 6.91. The fraction of sp³-hybridized carbons (Fsp3) is 0.227. The first-order valence-corrected chi connectivity index (χ1v) is 9.25. The first-order chi connectivity index (χ1) is 13.5. The van der Waals surface area contributed by atoms with Crippen molar-refractivity contribution in [3.8, 4) is 0 Å². The Bertz CT molecular complexity index is 931. The summed E-state index contributed by atoms with van der Waals surface area (Å²) < 4.78 is 1.56. The van der Waals surface area contributed by atoms with E-state index in [2.05, 4.69) is 29.6 Å². The van der Waals surface area contributed by atoms with Gasteiger partial charge in [0, 0.05) is 30.2 Å². The quantitative estimate of drug-likeness (QED) is 0.662. The molecule has 0 aliphatic rings. The van der Waals surface area contributed by atoms with E-state index >= 15 is 0 Å². The third-order valence-corrected chi connectivity index (χ3v) is 4.37. The highest BCUT2D eigenvalue weighted by Crippen LogP contribution is 2.15. The van der Waals surface area contributed by atoms with Crippen molar-refractivity contribution < 1.29 is 9.59 Å². The number of aromatic nitrogens is 2. The summed E-state index contributed by atoms with van der Waals surface area (Å²) in [6, 6.07) is 16.8. The van der Waals surface area contributed by atoms with Crippen LogP contribution >= 0.6 is 0 Å². The first kappa shape index (κ1) is 19.4. The Kier molecular flexibility index (Phi) is 6.22. The van der Waals surface area contributed by atoms with E-state index in [9.17, 15) is 9.59 Å². The van der Waals surface area contributed by atoms with Crippen molar-refractivity contribution in [3.05, 3.63) is 83.7 Å². The van der Waals surface area contributed by atoms with Crippen LogP contribution in [0.2, 0.25) is 0 Å². The van der Waals surface area contributed by atoms with E-state index in [1.54, 1.807) is 23.1 Å². The van der Waals surface area contributed by atoms with Gasteiger partial charge in [-0.25, -0.2) is 0 Å². The number of benzene rings is 2.